The van der Waals surface area contributed by atoms with Crippen molar-refractivity contribution in [1.82, 2.24) is 9.55 Å². The van der Waals surface area contributed by atoms with E-state index in [4.69, 9.17) is 11.6 Å². The smallest absolute Gasteiger partial charge is 0.272 e. The van der Waals surface area contributed by atoms with Crippen molar-refractivity contribution in [3.05, 3.63) is 82.1 Å². The molecule has 6 heteroatoms. The first-order valence-electron chi connectivity index (χ1n) is 8.16. The van der Waals surface area contributed by atoms with Crippen LogP contribution < -0.4 is 5.32 Å². The minimum absolute atomic E-state index is 0.199. The molecule has 0 spiro atoms. The van der Waals surface area contributed by atoms with Gasteiger partial charge in [0.2, 0.25) is 0 Å². The van der Waals surface area contributed by atoms with Crippen LogP contribution in [-0.2, 0) is 6.54 Å². The van der Waals surface area contributed by atoms with Crippen molar-refractivity contribution in [2.24, 2.45) is 0 Å². The molecule has 0 saturated carbocycles. The van der Waals surface area contributed by atoms with Gasteiger partial charge in [-0.15, -0.1) is 11.3 Å². The fourth-order valence-corrected chi connectivity index (χ4v) is 3.87. The van der Waals surface area contributed by atoms with Crippen LogP contribution in [0.4, 0.5) is 5.69 Å². The molecular formula is C20H16ClN3OS. The molecule has 0 aliphatic heterocycles. The topological polar surface area (TPSA) is 46.9 Å². The lowest BCUT2D eigenvalue weighted by Gasteiger charge is -2.12. The number of carbonyl (C=O) groups is 1. The van der Waals surface area contributed by atoms with Crippen LogP contribution in [0.5, 0.6) is 0 Å². The third kappa shape index (κ3) is 3.23. The summed E-state index contributed by atoms with van der Waals surface area (Å²) in [4.78, 5) is 16.9. The normalized spacial score (nSPS) is 11.0. The molecule has 0 fully saturated rings. The standard InChI is InChI=1S/C20H16ClN3OS/c1-13-4-6-14(7-5-13)12-24-16-8-10-26-18(16)11-17(24)20(25)23-15-3-2-9-22-19(15)21/h2-11H,12H2,1H3,(H,23,25). The van der Waals surface area contributed by atoms with E-state index in [1.165, 1.54) is 5.56 Å². The van der Waals surface area contributed by atoms with Crippen LogP contribution >= 0.6 is 22.9 Å². The molecule has 3 heterocycles. The Morgan fingerprint density at radius 3 is 2.81 bits per heavy atom. The molecule has 4 rings (SSSR count). The van der Waals surface area contributed by atoms with E-state index < -0.39 is 0 Å². The van der Waals surface area contributed by atoms with Crippen LogP contribution in [-0.4, -0.2) is 15.5 Å². The Bertz CT molecular complexity index is 1080. The van der Waals surface area contributed by atoms with Crippen LogP contribution in [0, 0.1) is 6.92 Å². The molecule has 4 nitrogen and oxygen atoms in total. The predicted octanol–water partition coefficient (Wildman–Crippen LogP) is 5.36. The zero-order valence-electron chi connectivity index (χ0n) is 14.1. The lowest BCUT2D eigenvalue weighted by atomic mass is 10.1. The van der Waals surface area contributed by atoms with Gasteiger partial charge in [-0.2, -0.15) is 0 Å². The van der Waals surface area contributed by atoms with Crippen molar-refractivity contribution in [3.63, 3.8) is 0 Å². The van der Waals surface area contributed by atoms with Gasteiger partial charge >= 0.3 is 0 Å². The van der Waals surface area contributed by atoms with E-state index in [2.05, 4.69) is 41.5 Å². The van der Waals surface area contributed by atoms with Gasteiger partial charge in [-0.05, 0) is 42.1 Å². The van der Waals surface area contributed by atoms with Crippen LogP contribution in [0.25, 0.3) is 10.2 Å². The number of thiophene rings is 1. The third-order valence-corrected chi connectivity index (χ3v) is 5.38. The number of rotatable bonds is 4. The summed E-state index contributed by atoms with van der Waals surface area (Å²) < 4.78 is 3.12. The number of nitrogens with one attached hydrogen (secondary N) is 1. The number of pyridine rings is 1. The summed E-state index contributed by atoms with van der Waals surface area (Å²) in [6, 6.07) is 15.8. The fourth-order valence-electron chi connectivity index (χ4n) is 2.88. The van der Waals surface area contributed by atoms with E-state index in [1.807, 2.05) is 22.1 Å². The predicted molar refractivity (Wildman–Crippen MR) is 107 cm³/mol. The van der Waals surface area contributed by atoms with E-state index in [0.717, 1.165) is 15.8 Å². The van der Waals surface area contributed by atoms with Gasteiger partial charge in [0.25, 0.3) is 5.91 Å². The van der Waals surface area contributed by atoms with Crippen LogP contribution in [0.1, 0.15) is 21.6 Å². The second kappa shape index (κ2) is 6.94. The second-order valence-corrected chi connectivity index (χ2v) is 7.37. The molecular weight excluding hydrogens is 366 g/mol. The molecule has 0 unspecified atom stereocenters. The van der Waals surface area contributed by atoms with E-state index in [9.17, 15) is 4.79 Å². The quantitative estimate of drug-likeness (QED) is 0.484. The molecule has 0 radical (unpaired) electrons. The summed E-state index contributed by atoms with van der Waals surface area (Å²) in [6.07, 6.45) is 1.59. The van der Waals surface area contributed by atoms with Crippen molar-refractivity contribution in [3.8, 4) is 0 Å². The maximum Gasteiger partial charge on any atom is 0.272 e. The summed E-state index contributed by atoms with van der Waals surface area (Å²) >= 11 is 7.69. The lowest BCUT2D eigenvalue weighted by molar-refractivity contribution is 0.101. The summed E-state index contributed by atoms with van der Waals surface area (Å²) in [7, 11) is 0. The number of aromatic nitrogens is 2. The molecule has 0 saturated heterocycles. The molecule has 0 bridgehead atoms. The van der Waals surface area contributed by atoms with Gasteiger partial charge in [-0.25, -0.2) is 4.98 Å². The van der Waals surface area contributed by atoms with E-state index >= 15 is 0 Å². The van der Waals surface area contributed by atoms with Gasteiger partial charge in [-0.3, -0.25) is 4.79 Å². The third-order valence-electron chi connectivity index (χ3n) is 4.22. The summed E-state index contributed by atoms with van der Waals surface area (Å²) in [5, 5.41) is 5.18. The number of carbonyl (C=O) groups excluding carboxylic acids is 1. The zero-order chi connectivity index (χ0) is 18.1. The second-order valence-electron chi connectivity index (χ2n) is 6.07. The molecule has 1 N–H and O–H groups in total. The molecule has 3 aromatic heterocycles. The van der Waals surface area contributed by atoms with Gasteiger partial charge in [0.1, 0.15) is 5.69 Å². The van der Waals surface area contributed by atoms with Gasteiger partial charge in [0.05, 0.1) is 15.9 Å². The zero-order valence-corrected chi connectivity index (χ0v) is 15.6. The van der Waals surface area contributed by atoms with Crippen molar-refractivity contribution >= 4 is 44.7 Å². The van der Waals surface area contributed by atoms with Gasteiger partial charge in [-0.1, -0.05) is 41.4 Å². The van der Waals surface area contributed by atoms with Crippen LogP contribution in [0.15, 0.2) is 60.1 Å². The Morgan fingerprint density at radius 1 is 1.23 bits per heavy atom. The number of hydrogen-bond acceptors (Lipinski definition) is 3. The Hall–Kier alpha value is -2.63. The Labute approximate surface area is 160 Å². The Balaban J connectivity index is 1.70. The number of anilines is 1. The minimum atomic E-state index is -0.199. The SMILES string of the molecule is Cc1ccc(Cn2c(C(=O)Nc3cccnc3Cl)cc3sccc32)cc1. The number of hydrogen-bond donors (Lipinski definition) is 1. The number of amides is 1. The number of halogens is 1. The van der Waals surface area contributed by atoms with Gasteiger partial charge in [0, 0.05) is 12.7 Å². The average Bonchev–Trinajstić information content (AvgIpc) is 3.21. The van der Waals surface area contributed by atoms with Crippen molar-refractivity contribution in [2.45, 2.75) is 13.5 Å². The molecule has 0 aliphatic rings. The number of nitrogens with zero attached hydrogens (tertiary/aromatic N) is 2. The summed E-state index contributed by atoms with van der Waals surface area (Å²) in [5.74, 6) is -0.199. The first-order valence-corrected chi connectivity index (χ1v) is 9.42. The maximum absolute atomic E-state index is 12.9. The number of benzene rings is 1. The van der Waals surface area contributed by atoms with Crippen molar-refractivity contribution in [1.29, 1.82) is 0 Å². The largest absolute Gasteiger partial charge is 0.331 e. The van der Waals surface area contributed by atoms with Crippen LogP contribution in [0.2, 0.25) is 5.15 Å². The number of fused-ring (bicyclic) bond motifs is 1. The average molecular weight is 382 g/mol. The highest BCUT2D eigenvalue weighted by molar-refractivity contribution is 7.17. The van der Waals surface area contributed by atoms with Gasteiger partial charge in [0.15, 0.2) is 5.15 Å². The molecule has 130 valence electrons. The van der Waals surface area contributed by atoms with Crippen molar-refractivity contribution < 1.29 is 4.79 Å². The highest BCUT2D eigenvalue weighted by Gasteiger charge is 2.18. The molecule has 26 heavy (non-hydrogen) atoms. The Kier molecular flexibility index (Phi) is 4.49. The van der Waals surface area contributed by atoms with E-state index in [-0.39, 0.29) is 11.1 Å². The molecule has 0 atom stereocenters. The number of aryl methyl sites for hydroxylation is 1. The van der Waals surface area contributed by atoms with Crippen LogP contribution in [0.3, 0.4) is 0 Å². The molecule has 1 amide bonds. The molecule has 0 aliphatic carbocycles. The molecule has 1 aromatic carbocycles. The highest BCUT2D eigenvalue weighted by atomic mass is 35.5. The minimum Gasteiger partial charge on any atom is -0.331 e. The van der Waals surface area contributed by atoms with Gasteiger partial charge < -0.3 is 9.88 Å². The first-order chi connectivity index (χ1) is 12.6. The van der Waals surface area contributed by atoms with E-state index in [0.29, 0.717) is 17.9 Å². The fraction of sp³-hybridized carbons (Fsp3) is 0.100. The first kappa shape index (κ1) is 16.8. The summed E-state index contributed by atoms with van der Waals surface area (Å²) in [5.41, 5.74) is 4.52. The monoisotopic (exact) mass is 381 g/mol. The maximum atomic E-state index is 12.9. The van der Waals surface area contributed by atoms with Crippen molar-refractivity contribution in [2.75, 3.05) is 5.32 Å². The van der Waals surface area contributed by atoms with E-state index in [1.54, 1.807) is 29.7 Å². The highest BCUT2D eigenvalue weighted by Crippen LogP contribution is 2.27. The summed E-state index contributed by atoms with van der Waals surface area (Å²) in [6.45, 7) is 2.69. The Morgan fingerprint density at radius 2 is 2.04 bits per heavy atom. The molecule has 4 aromatic rings. The lowest BCUT2D eigenvalue weighted by Crippen LogP contribution is -2.18.